The number of rotatable bonds is 8. The van der Waals surface area contributed by atoms with Crippen LogP contribution in [0.5, 0.6) is 5.75 Å². The lowest BCUT2D eigenvalue weighted by Crippen LogP contribution is -2.19. The van der Waals surface area contributed by atoms with Gasteiger partial charge in [0.1, 0.15) is 5.75 Å². The third-order valence-electron chi connectivity index (χ3n) is 4.20. The average molecular weight is 492 g/mol. The molecule has 10 nitrogen and oxygen atoms in total. The normalized spacial score (nSPS) is 12.3. The van der Waals surface area contributed by atoms with E-state index in [0.717, 1.165) is 12.5 Å². The minimum Gasteiger partial charge on any atom is -0.495 e. The molecule has 0 aliphatic heterocycles. The molecule has 0 radical (unpaired) electrons. The van der Waals surface area contributed by atoms with Gasteiger partial charge >= 0.3 is 0 Å². The summed E-state index contributed by atoms with van der Waals surface area (Å²) in [7, 11) is -10.1. The third-order valence-corrected chi connectivity index (χ3v) is 7.04. The Labute approximate surface area is 183 Å². The molecule has 0 aliphatic rings. The highest BCUT2D eigenvalue weighted by Crippen LogP contribution is 2.34. The molecule has 13 heteroatoms. The first-order valence-corrected chi connectivity index (χ1v) is 14.1. The molecular formula is C18H25N3O7S3. The van der Waals surface area contributed by atoms with Crippen molar-refractivity contribution in [2.45, 2.75) is 25.7 Å². The lowest BCUT2D eigenvalue weighted by Gasteiger charge is -2.19. The summed E-state index contributed by atoms with van der Waals surface area (Å²) in [6.45, 7) is 4.78. The largest absolute Gasteiger partial charge is 0.495 e. The highest BCUT2D eigenvalue weighted by molar-refractivity contribution is 7.93. The van der Waals surface area contributed by atoms with Crippen LogP contribution in [0.15, 0.2) is 29.2 Å². The van der Waals surface area contributed by atoms with Crippen LogP contribution in [-0.4, -0.2) is 44.9 Å². The van der Waals surface area contributed by atoms with Crippen molar-refractivity contribution >= 4 is 47.1 Å². The van der Waals surface area contributed by atoms with Gasteiger partial charge in [0.25, 0.3) is 10.0 Å². The van der Waals surface area contributed by atoms with E-state index >= 15 is 0 Å². The van der Waals surface area contributed by atoms with Crippen LogP contribution < -0.4 is 18.9 Å². The van der Waals surface area contributed by atoms with E-state index in [1.54, 1.807) is 19.9 Å². The summed E-state index contributed by atoms with van der Waals surface area (Å²) in [5, 5.41) is 0. The van der Waals surface area contributed by atoms with Crippen molar-refractivity contribution in [3.05, 3.63) is 41.0 Å². The third kappa shape index (κ3) is 6.24. The molecule has 0 aromatic heterocycles. The highest BCUT2D eigenvalue weighted by atomic mass is 32.2. The summed E-state index contributed by atoms with van der Waals surface area (Å²) in [5.74, 6) is 0.204. The fraction of sp³-hybridized carbons (Fsp3) is 0.333. The van der Waals surface area contributed by atoms with Gasteiger partial charge in [-0.1, -0.05) is 6.07 Å². The predicted octanol–water partition coefficient (Wildman–Crippen LogP) is 2.16. The molecule has 2 rings (SSSR count). The van der Waals surface area contributed by atoms with Crippen molar-refractivity contribution in [1.29, 1.82) is 0 Å². The van der Waals surface area contributed by atoms with Gasteiger partial charge in [-0.15, -0.1) is 0 Å². The van der Waals surface area contributed by atoms with E-state index < -0.39 is 30.1 Å². The van der Waals surface area contributed by atoms with Gasteiger partial charge in [-0.3, -0.25) is 14.2 Å². The first-order chi connectivity index (χ1) is 14.0. The van der Waals surface area contributed by atoms with Crippen LogP contribution >= 0.6 is 0 Å². The van der Waals surface area contributed by atoms with Crippen molar-refractivity contribution in [3.8, 4) is 5.75 Å². The maximum absolute atomic E-state index is 13.2. The summed E-state index contributed by atoms with van der Waals surface area (Å²) < 4.78 is 85.1. The Kier molecular flexibility index (Phi) is 6.83. The van der Waals surface area contributed by atoms with Gasteiger partial charge < -0.3 is 4.74 Å². The fourth-order valence-corrected chi connectivity index (χ4v) is 5.95. The topological polar surface area (TPSA) is 148 Å². The molecule has 0 bridgehead atoms. The van der Waals surface area contributed by atoms with Crippen LogP contribution in [-0.2, 0) is 30.1 Å². The van der Waals surface area contributed by atoms with Gasteiger partial charge in [-0.05, 0) is 55.7 Å². The van der Waals surface area contributed by atoms with Crippen LogP contribution in [0, 0.1) is 20.8 Å². The smallest absolute Gasteiger partial charge is 0.262 e. The van der Waals surface area contributed by atoms with E-state index in [4.69, 9.17) is 4.74 Å². The molecule has 0 saturated heterocycles. The molecule has 3 N–H and O–H groups in total. The minimum absolute atomic E-state index is 0.0574. The Balaban J connectivity index is 2.57. The van der Waals surface area contributed by atoms with E-state index in [-0.39, 0.29) is 33.3 Å². The van der Waals surface area contributed by atoms with Crippen molar-refractivity contribution in [1.82, 2.24) is 0 Å². The summed E-state index contributed by atoms with van der Waals surface area (Å²) in [6, 6.07) is 5.68. The summed E-state index contributed by atoms with van der Waals surface area (Å²) in [5.41, 5.74) is 1.56. The number of anilines is 3. The quantitative estimate of drug-likeness (QED) is 0.512. The number of sulfonamides is 3. The van der Waals surface area contributed by atoms with Gasteiger partial charge in [0, 0.05) is 0 Å². The average Bonchev–Trinajstić information content (AvgIpc) is 2.55. The molecule has 31 heavy (non-hydrogen) atoms. The first-order valence-electron chi connectivity index (χ1n) is 8.81. The number of ether oxygens (including phenoxy) is 1. The molecule has 0 amide bonds. The number of methoxy groups -OCH3 is 1. The Hall–Kier alpha value is -2.51. The van der Waals surface area contributed by atoms with Gasteiger partial charge in [0.15, 0.2) is 0 Å². The lowest BCUT2D eigenvalue weighted by atomic mass is 10.1. The molecule has 2 aromatic rings. The SMILES string of the molecule is COc1ccc(NS(=O)(=O)c2c(C)cc(C)c(NS(C)(=O)=O)c2C)cc1NS(C)(=O)=O. The molecule has 0 atom stereocenters. The molecule has 2 aromatic carbocycles. The van der Waals surface area contributed by atoms with Gasteiger partial charge in [0.05, 0.1) is 41.6 Å². The molecule has 0 aliphatic carbocycles. The van der Waals surface area contributed by atoms with Crippen molar-refractivity contribution in [2.75, 3.05) is 33.8 Å². The van der Waals surface area contributed by atoms with E-state index in [1.165, 1.54) is 32.2 Å². The number of nitrogens with one attached hydrogen (secondary N) is 3. The van der Waals surface area contributed by atoms with Crippen LogP contribution in [0.3, 0.4) is 0 Å². The molecule has 172 valence electrons. The van der Waals surface area contributed by atoms with Crippen LogP contribution in [0.25, 0.3) is 0 Å². The summed E-state index contributed by atoms with van der Waals surface area (Å²) >= 11 is 0. The molecular weight excluding hydrogens is 466 g/mol. The number of hydrogen-bond donors (Lipinski definition) is 3. The minimum atomic E-state index is -4.15. The Bertz CT molecular complexity index is 1330. The lowest BCUT2D eigenvalue weighted by molar-refractivity contribution is 0.417. The second-order valence-electron chi connectivity index (χ2n) is 7.11. The first kappa shape index (κ1) is 24.8. The second kappa shape index (κ2) is 8.55. The molecule has 0 saturated carbocycles. The standard InChI is InChI=1S/C18H25N3O7S3/c1-11-9-12(2)18(13(3)17(11)21-30(6,24)25)31(26,27)19-14-7-8-16(28-4)15(10-14)20-29(5,22)23/h7-10,19-21H,1-6H3. The molecule has 0 heterocycles. The van der Waals surface area contributed by atoms with Crippen LogP contribution in [0.4, 0.5) is 17.1 Å². The number of benzene rings is 2. The van der Waals surface area contributed by atoms with E-state index in [0.29, 0.717) is 11.1 Å². The Morgan fingerprint density at radius 1 is 0.774 bits per heavy atom. The van der Waals surface area contributed by atoms with Crippen LogP contribution in [0.1, 0.15) is 16.7 Å². The van der Waals surface area contributed by atoms with Gasteiger partial charge in [-0.25, -0.2) is 25.3 Å². The fourth-order valence-electron chi connectivity index (χ4n) is 3.18. The Morgan fingerprint density at radius 2 is 1.35 bits per heavy atom. The second-order valence-corrected chi connectivity index (χ2v) is 12.2. The van der Waals surface area contributed by atoms with Crippen molar-refractivity contribution in [2.24, 2.45) is 0 Å². The van der Waals surface area contributed by atoms with E-state index in [2.05, 4.69) is 14.2 Å². The van der Waals surface area contributed by atoms with Gasteiger partial charge in [-0.2, -0.15) is 0 Å². The van der Waals surface area contributed by atoms with Crippen LogP contribution in [0.2, 0.25) is 0 Å². The monoisotopic (exact) mass is 491 g/mol. The highest BCUT2D eigenvalue weighted by Gasteiger charge is 2.24. The molecule has 0 spiro atoms. The van der Waals surface area contributed by atoms with Crippen molar-refractivity contribution < 1.29 is 30.0 Å². The zero-order chi connectivity index (χ0) is 23.8. The van der Waals surface area contributed by atoms with E-state index in [9.17, 15) is 25.3 Å². The summed E-state index contributed by atoms with van der Waals surface area (Å²) in [4.78, 5) is -0.0855. The number of hydrogen-bond acceptors (Lipinski definition) is 7. The zero-order valence-electron chi connectivity index (χ0n) is 17.9. The zero-order valence-corrected chi connectivity index (χ0v) is 20.3. The Morgan fingerprint density at radius 3 is 1.87 bits per heavy atom. The van der Waals surface area contributed by atoms with Gasteiger partial charge in [0.2, 0.25) is 20.0 Å². The predicted molar refractivity (Wildman–Crippen MR) is 121 cm³/mol. The maximum atomic E-state index is 13.2. The molecule has 0 unspecified atom stereocenters. The van der Waals surface area contributed by atoms with E-state index in [1.807, 2.05) is 0 Å². The molecule has 0 fully saturated rings. The number of aryl methyl sites for hydroxylation is 2. The summed E-state index contributed by atoms with van der Waals surface area (Å²) in [6.07, 6.45) is 1.93. The van der Waals surface area contributed by atoms with Crippen molar-refractivity contribution in [3.63, 3.8) is 0 Å². The maximum Gasteiger partial charge on any atom is 0.262 e.